The SMILES string of the molecule is Cc1sc(NC(=O)CCCOc2ccccc2N)c(C(N)=O)c1C. The Morgan fingerprint density at radius 3 is 2.62 bits per heavy atom. The number of hydrogen-bond acceptors (Lipinski definition) is 5. The zero-order chi connectivity index (χ0) is 17.7. The van der Waals surface area contributed by atoms with Gasteiger partial charge < -0.3 is 21.5 Å². The molecule has 7 heteroatoms. The minimum atomic E-state index is -0.532. The summed E-state index contributed by atoms with van der Waals surface area (Å²) >= 11 is 1.36. The number of primary amides is 1. The van der Waals surface area contributed by atoms with Gasteiger partial charge in [0, 0.05) is 11.3 Å². The number of nitrogen functional groups attached to an aromatic ring is 1. The van der Waals surface area contributed by atoms with E-state index in [0.717, 1.165) is 10.4 Å². The lowest BCUT2D eigenvalue weighted by atomic mass is 10.1. The molecule has 1 aromatic heterocycles. The first kappa shape index (κ1) is 17.8. The van der Waals surface area contributed by atoms with E-state index in [2.05, 4.69) is 5.32 Å². The molecule has 2 amide bonds. The van der Waals surface area contributed by atoms with Gasteiger partial charge in [0.1, 0.15) is 10.8 Å². The first-order valence-electron chi connectivity index (χ1n) is 7.57. The normalized spacial score (nSPS) is 10.4. The summed E-state index contributed by atoms with van der Waals surface area (Å²) in [5.41, 5.74) is 12.9. The van der Waals surface area contributed by atoms with Crippen molar-refractivity contribution in [3.8, 4) is 5.75 Å². The van der Waals surface area contributed by atoms with E-state index in [1.807, 2.05) is 26.0 Å². The van der Waals surface area contributed by atoms with Crippen LogP contribution in [0, 0.1) is 13.8 Å². The largest absolute Gasteiger partial charge is 0.491 e. The third-order valence-corrected chi connectivity index (χ3v) is 4.73. The molecule has 1 aromatic carbocycles. The van der Waals surface area contributed by atoms with Crippen LogP contribution in [0.2, 0.25) is 0 Å². The predicted octanol–water partition coefficient (Wildman–Crippen LogP) is 2.84. The van der Waals surface area contributed by atoms with Crippen molar-refractivity contribution >= 4 is 33.8 Å². The zero-order valence-corrected chi connectivity index (χ0v) is 14.5. The fraction of sp³-hybridized carbons (Fsp3) is 0.294. The van der Waals surface area contributed by atoms with E-state index in [-0.39, 0.29) is 12.3 Å². The average molecular weight is 347 g/mol. The maximum atomic E-state index is 12.0. The van der Waals surface area contributed by atoms with Crippen molar-refractivity contribution in [3.05, 3.63) is 40.3 Å². The molecule has 0 unspecified atom stereocenters. The number of rotatable bonds is 7. The van der Waals surface area contributed by atoms with Crippen molar-refractivity contribution in [2.75, 3.05) is 17.7 Å². The third-order valence-electron chi connectivity index (χ3n) is 3.61. The van der Waals surface area contributed by atoms with Gasteiger partial charge in [-0.05, 0) is 38.0 Å². The molecule has 5 N–H and O–H groups in total. The Bertz CT molecular complexity index is 756. The second kappa shape index (κ2) is 7.83. The Morgan fingerprint density at radius 2 is 1.96 bits per heavy atom. The molecule has 0 spiro atoms. The highest BCUT2D eigenvalue weighted by molar-refractivity contribution is 7.16. The number of hydrogen-bond donors (Lipinski definition) is 3. The van der Waals surface area contributed by atoms with Crippen LogP contribution < -0.4 is 21.5 Å². The van der Waals surface area contributed by atoms with Crippen LogP contribution in [0.3, 0.4) is 0 Å². The Hall–Kier alpha value is -2.54. The molecule has 0 aliphatic heterocycles. The highest BCUT2D eigenvalue weighted by Crippen LogP contribution is 2.32. The van der Waals surface area contributed by atoms with Crippen molar-refractivity contribution in [2.24, 2.45) is 5.73 Å². The van der Waals surface area contributed by atoms with Gasteiger partial charge in [-0.25, -0.2) is 0 Å². The van der Waals surface area contributed by atoms with E-state index >= 15 is 0 Å². The molecular formula is C17H21N3O3S. The van der Waals surface area contributed by atoms with Crippen LogP contribution in [0.1, 0.15) is 33.6 Å². The molecule has 24 heavy (non-hydrogen) atoms. The molecule has 0 radical (unpaired) electrons. The van der Waals surface area contributed by atoms with Crippen molar-refractivity contribution in [3.63, 3.8) is 0 Å². The number of anilines is 2. The molecular weight excluding hydrogens is 326 g/mol. The smallest absolute Gasteiger partial charge is 0.251 e. The maximum absolute atomic E-state index is 12.0. The van der Waals surface area contributed by atoms with Crippen LogP contribution >= 0.6 is 11.3 Å². The summed E-state index contributed by atoms with van der Waals surface area (Å²) < 4.78 is 5.55. The van der Waals surface area contributed by atoms with Crippen molar-refractivity contribution < 1.29 is 14.3 Å². The predicted molar refractivity (Wildman–Crippen MR) is 96.5 cm³/mol. The summed E-state index contributed by atoms with van der Waals surface area (Å²) in [6, 6.07) is 7.21. The summed E-state index contributed by atoms with van der Waals surface area (Å²) in [6.45, 7) is 4.09. The summed E-state index contributed by atoms with van der Waals surface area (Å²) in [5.74, 6) is -0.100. The Balaban J connectivity index is 1.85. The highest BCUT2D eigenvalue weighted by atomic mass is 32.1. The lowest BCUT2D eigenvalue weighted by Gasteiger charge is -2.08. The van der Waals surface area contributed by atoms with Crippen molar-refractivity contribution in [1.82, 2.24) is 0 Å². The number of aryl methyl sites for hydroxylation is 1. The Kier molecular flexibility index (Phi) is 5.81. The van der Waals surface area contributed by atoms with Gasteiger partial charge in [-0.1, -0.05) is 12.1 Å². The molecule has 0 saturated heterocycles. The molecule has 6 nitrogen and oxygen atoms in total. The number of thiophene rings is 1. The number of carbonyl (C=O) groups excluding carboxylic acids is 2. The van der Waals surface area contributed by atoms with Crippen molar-refractivity contribution in [2.45, 2.75) is 26.7 Å². The molecule has 128 valence electrons. The highest BCUT2D eigenvalue weighted by Gasteiger charge is 2.18. The van der Waals surface area contributed by atoms with E-state index in [1.165, 1.54) is 11.3 Å². The van der Waals surface area contributed by atoms with E-state index in [1.54, 1.807) is 12.1 Å². The third kappa shape index (κ3) is 4.26. The van der Waals surface area contributed by atoms with Crippen LogP contribution in [-0.4, -0.2) is 18.4 Å². The first-order valence-corrected chi connectivity index (χ1v) is 8.38. The van der Waals surface area contributed by atoms with E-state index in [0.29, 0.717) is 35.0 Å². The van der Waals surface area contributed by atoms with Gasteiger partial charge in [-0.2, -0.15) is 0 Å². The number of ether oxygens (including phenoxy) is 1. The minimum absolute atomic E-state index is 0.177. The zero-order valence-electron chi connectivity index (χ0n) is 13.7. The van der Waals surface area contributed by atoms with Gasteiger partial charge in [0.05, 0.1) is 17.9 Å². The van der Waals surface area contributed by atoms with Gasteiger partial charge in [0.2, 0.25) is 5.91 Å². The fourth-order valence-electron chi connectivity index (χ4n) is 2.23. The molecule has 2 rings (SSSR count). The fourth-order valence-corrected chi connectivity index (χ4v) is 3.31. The topological polar surface area (TPSA) is 107 Å². The maximum Gasteiger partial charge on any atom is 0.251 e. The monoisotopic (exact) mass is 347 g/mol. The summed E-state index contributed by atoms with van der Waals surface area (Å²) in [7, 11) is 0. The molecule has 0 atom stereocenters. The van der Waals surface area contributed by atoms with Crippen LogP contribution in [0.4, 0.5) is 10.7 Å². The van der Waals surface area contributed by atoms with Crippen LogP contribution in [0.15, 0.2) is 24.3 Å². The first-order chi connectivity index (χ1) is 11.4. The minimum Gasteiger partial charge on any atom is -0.491 e. The summed E-state index contributed by atoms with van der Waals surface area (Å²) in [6.07, 6.45) is 0.816. The molecule has 0 aliphatic carbocycles. The van der Waals surface area contributed by atoms with Gasteiger partial charge in [0.25, 0.3) is 5.91 Å². The number of benzene rings is 1. The lowest BCUT2D eigenvalue weighted by Crippen LogP contribution is -2.17. The van der Waals surface area contributed by atoms with Gasteiger partial charge in [-0.3, -0.25) is 9.59 Å². The van der Waals surface area contributed by atoms with Gasteiger partial charge in [-0.15, -0.1) is 11.3 Å². The Morgan fingerprint density at radius 1 is 1.25 bits per heavy atom. The molecule has 0 aliphatic rings. The van der Waals surface area contributed by atoms with Gasteiger partial charge >= 0.3 is 0 Å². The summed E-state index contributed by atoms with van der Waals surface area (Å²) in [5, 5.41) is 3.27. The molecule has 2 aromatic rings. The standard InChI is InChI=1S/C17H21N3O3S/c1-10-11(2)24-17(15(10)16(19)22)20-14(21)8-5-9-23-13-7-4-3-6-12(13)18/h3-4,6-7H,5,8-9,18H2,1-2H3,(H2,19,22)(H,20,21). The van der Waals surface area contributed by atoms with Crippen LogP contribution in [-0.2, 0) is 4.79 Å². The molecule has 0 fully saturated rings. The summed E-state index contributed by atoms with van der Waals surface area (Å²) in [4.78, 5) is 24.5. The lowest BCUT2D eigenvalue weighted by molar-refractivity contribution is -0.116. The van der Waals surface area contributed by atoms with E-state index < -0.39 is 5.91 Å². The Labute approximate surface area is 144 Å². The number of para-hydroxylation sites is 2. The van der Waals surface area contributed by atoms with Gasteiger partial charge in [0.15, 0.2) is 0 Å². The number of amides is 2. The number of carbonyl (C=O) groups is 2. The average Bonchev–Trinajstić information content (AvgIpc) is 2.79. The van der Waals surface area contributed by atoms with E-state index in [4.69, 9.17) is 16.2 Å². The molecule has 0 bridgehead atoms. The second-order valence-corrected chi connectivity index (χ2v) is 6.61. The van der Waals surface area contributed by atoms with Crippen molar-refractivity contribution in [1.29, 1.82) is 0 Å². The number of nitrogens with two attached hydrogens (primary N) is 2. The second-order valence-electron chi connectivity index (χ2n) is 5.39. The molecule has 0 saturated carbocycles. The van der Waals surface area contributed by atoms with Crippen LogP contribution in [0.25, 0.3) is 0 Å². The van der Waals surface area contributed by atoms with E-state index in [9.17, 15) is 9.59 Å². The quantitative estimate of drug-likeness (QED) is 0.528. The molecule has 1 heterocycles. The van der Waals surface area contributed by atoms with Crippen LogP contribution in [0.5, 0.6) is 5.75 Å². The number of nitrogens with one attached hydrogen (secondary N) is 1.